The van der Waals surface area contributed by atoms with Crippen molar-refractivity contribution in [3.05, 3.63) is 39.4 Å². The first-order valence-electron chi connectivity index (χ1n) is 7.69. The summed E-state index contributed by atoms with van der Waals surface area (Å²) in [6.45, 7) is 4.73. The van der Waals surface area contributed by atoms with Crippen molar-refractivity contribution in [2.75, 3.05) is 13.1 Å². The number of benzene rings is 1. The largest absolute Gasteiger partial charge is 0.328 e. The number of aromatic nitrogens is 2. The Kier molecular flexibility index (Phi) is 6.03. The molecule has 1 aromatic heterocycles. The molecular formula is C16H22Cl2N4O. The van der Waals surface area contributed by atoms with Crippen LogP contribution in [-0.2, 0) is 6.54 Å². The van der Waals surface area contributed by atoms with Crippen LogP contribution >= 0.6 is 24.0 Å². The van der Waals surface area contributed by atoms with Gasteiger partial charge in [-0.2, -0.15) is 0 Å². The molecule has 1 aromatic carbocycles. The third kappa shape index (κ3) is 4.23. The molecule has 1 atom stereocenters. The van der Waals surface area contributed by atoms with E-state index < -0.39 is 0 Å². The van der Waals surface area contributed by atoms with Crippen LogP contribution in [0.1, 0.15) is 25.6 Å². The van der Waals surface area contributed by atoms with E-state index in [0.717, 1.165) is 25.9 Å². The minimum absolute atomic E-state index is 0. The fourth-order valence-corrected chi connectivity index (χ4v) is 3.25. The molecule has 1 fully saturated rings. The minimum atomic E-state index is -0.132. The maximum Gasteiger partial charge on any atom is 0.258 e. The Balaban J connectivity index is 0.00000192. The maximum absolute atomic E-state index is 12.1. The summed E-state index contributed by atoms with van der Waals surface area (Å²) in [4.78, 5) is 21.9. The first-order valence-corrected chi connectivity index (χ1v) is 8.07. The number of H-pyrrole nitrogens is 1. The topological polar surface area (TPSA) is 75.0 Å². The van der Waals surface area contributed by atoms with Gasteiger partial charge in [0.2, 0.25) is 0 Å². The Morgan fingerprint density at radius 1 is 1.43 bits per heavy atom. The second kappa shape index (κ2) is 7.62. The third-order valence-electron chi connectivity index (χ3n) is 4.47. The second-order valence-corrected chi connectivity index (χ2v) is 6.58. The summed E-state index contributed by atoms with van der Waals surface area (Å²) in [5.74, 6) is 1.31. The van der Waals surface area contributed by atoms with Gasteiger partial charge in [0.25, 0.3) is 5.56 Å². The van der Waals surface area contributed by atoms with E-state index in [1.807, 2.05) is 0 Å². The van der Waals surface area contributed by atoms with Crippen molar-refractivity contribution in [3.8, 4) is 0 Å². The summed E-state index contributed by atoms with van der Waals surface area (Å²) < 4.78 is 0. The lowest BCUT2D eigenvalue weighted by molar-refractivity contribution is 0.162. The second-order valence-electron chi connectivity index (χ2n) is 6.15. The van der Waals surface area contributed by atoms with Crippen molar-refractivity contribution in [1.82, 2.24) is 14.9 Å². The maximum atomic E-state index is 12.1. The normalized spacial score (nSPS) is 17.9. The van der Waals surface area contributed by atoms with E-state index in [1.165, 1.54) is 0 Å². The third-order valence-corrected chi connectivity index (χ3v) is 4.70. The molecule has 1 saturated heterocycles. The zero-order chi connectivity index (χ0) is 15.7. The molecule has 7 heteroatoms. The van der Waals surface area contributed by atoms with Gasteiger partial charge in [0.1, 0.15) is 5.82 Å². The van der Waals surface area contributed by atoms with Crippen molar-refractivity contribution >= 4 is 34.9 Å². The molecule has 0 aliphatic carbocycles. The first-order chi connectivity index (χ1) is 10.5. The van der Waals surface area contributed by atoms with Crippen LogP contribution in [0.3, 0.4) is 0 Å². The molecule has 1 unspecified atom stereocenters. The molecule has 0 radical (unpaired) electrons. The van der Waals surface area contributed by atoms with E-state index in [2.05, 4.69) is 21.8 Å². The number of nitrogens with one attached hydrogen (secondary N) is 1. The molecule has 3 rings (SSSR count). The molecular weight excluding hydrogens is 335 g/mol. The van der Waals surface area contributed by atoms with Crippen LogP contribution in [0.15, 0.2) is 23.0 Å². The molecule has 3 N–H and O–H groups in total. The Hall–Kier alpha value is -1.14. The molecule has 0 amide bonds. The molecule has 23 heavy (non-hydrogen) atoms. The Morgan fingerprint density at radius 3 is 2.78 bits per heavy atom. The average Bonchev–Trinajstić information content (AvgIpc) is 2.49. The smallest absolute Gasteiger partial charge is 0.258 e. The quantitative estimate of drug-likeness (QED) is 0.885. The van der Waals surface area contributed by atoms with Crippen LogP contribution < -0.4 is 11.3 Å². The average molecular weight is 357 g/mol. The van der Waals surface area contributed by atoms with E-state index in [-0.39, 0.29) is 24.0 Å². The summed E-state index contributed by atoms with van der Waals surface area (Å²) in [6.07, 6.45) is 2.20. The highest BCUT2D eigenvalue weighted by Gasteiger charge is 2.22. The standard InChI is InChI=1S/C16H21ClN4O.ClH/c1-10(18)11-4-6-21(7-5-11)9-15-19-14-3-2-12(17)8-13(14)16(22)20-15;/h2-3,8,10-11H,4-7,9,18H2,1H3,(H,19,20,22);1H. The molecule has 2 heterocycles. The van der Waals surface area contributed by atoms with Crippen LogP contribution in [0.5, 0.6) is 0 Å². The van der Waals surface area contributed by atoms with Crippen LogP contribution in [0, 0.1) is 5.92 Å². The lowest BCUT2D eigenvalue weighted by Crippen LogP contribution is -2.39. The number of halogens is 2. The lowest BCUT2D eigenvalue weighted by atomic mass is 9.91. The number of nitrogens with two attached hydrogens (primary N) is 1. The van der Waals surface area contributed by atoms with Crippen molar-refractivity contribution in [1.29, 1.82) is 0 Å². The van der Waals surface area contributed by atoms with Gasteiger partial charge < -0.3 is 10.7 Å². The van der Waals surface area contributed by atoms with Crippen molar-refractivity contribution < 1.29 is 0 Å². The highest BCUT2D eigenvalue weighted by atomic mass is 35.5. The van der Waals surface area contributed by atoms with E-state index >= 15 is 0 Å². The number of piperidine rings is 1. The summed E-state index contributed by atoms with van der Waals surface area (Å²) in [5.41, 5.74) is 6.53. The minimum Gasteiger partial charge on any atom is -0.328 e. The number of fused-ring (bicyclic) bond motifs is 1. The summed E-state index contributed by atoms with van der Waals surface area (Å²) in [7, 11) is 0. The SMILES string of the molecule is CC(N)C1CCN(Cc2nc3ccc(Cl)cc3c(=O)[nH]2)CC1.Cl. The summed E-state index contributed by atoms with van der Waals surface area (Å²) in [6, 6.07) is 5.46. The number of hydrogen-bond acceptors (Lipinski definition) is 4. The number of nitrogens with zero attached hydrogens (tertiary/aromatic N) is 2. The highest BCUT2D eigenvalue weighted by Crippen LogP contribution is 2.21. The van der Waals surface area contributed by atoms with Crippen molar-refractivity contribution in [3.63, 3.8) is 0 Å². The van der Waals surface area contributed by atoms with Gasteiger partial charge in [-0.15, -0.1) is 12.4 Å². The van der Waals surface area contributed by atoms with Crippen molar-refractivity contribution in [2.24, 2.45) is 11.7 Å². The molecule has 0 spiro atoms. The van der Waals surface area contributed by atoms with Gasteiger partial charge in [0.05, 0.1) is 17.4 Å². The number of hydrogen-bond donors (Lipinski definition) is 2. The van der Waals surface area contributed by atoms with Gasteiger partial charge in [-0.05, 0) is 57.0 Å². The summed E-state index contributed by atoms with van der Waals surface area (Å²) >= 11 is 5.93. The first kappa shape index (κ1) is 18.2. The van der Waals surface area contributed by atoms with E-state index in [4.69, 9.17) is 17.3 Å². The van der Waals surface area contributed by atoms with Crippen LogP contribution in [0.2, 0.25) is 5.02 Å². The van der Waals surface area contributed by atoms with Gasteiger partial charge >= 0.3 is 0 Å². The number of aromatic amines is 1. The van der Waals surface area contributed by atoms with Crippen LogP contribution in [0.25, 0.3) is 10.9 Å². The van der Waals surface area contributed by atoms with Gasteiger partial charge in [0.15, 0.2) is 0 Å². The van der Waals surface area contributed by atoms with Gasteiger partial charge in [0, 0.05) is 11.1 Å². The van der Waals surface area contributed by atoms with Gasteiger partial charge in [-0.1, -0.05) is 11.6 Å². The summed E-state index contributed by atoms with van der Waals surface area (Å²) in [5, 5.41) is 1.08. The molecule has 5 nitrogen and oxygen atoms in total. The zero-order valence-electron chi connectivity index (χ0n) is 13.1. The molecule has 126 valence electrons. The molecule has 0 saturated carbocycles. The predicted molar refractivity (Wildman–Crippen MR) is 96.3 cm³/mol. The van der Waals surface area contributed by atoms with Crippen molar-refractivity contribution in [2.45, 2.75) is 32.4 Å². The van der Waals surface area contributed by atoms with E-state index in [0.29, 0.717) is 34.2 Å². The van der Waals surface area contributed by atoms with Crippen LogP contribution in [-0.4, -0.2) is 34.0 Å². The van der Waals surface area contributed by atoms with Gasteiger partial charge in [-0.3, -0.25) is 9.69 Å². The lowest BCUT2D eigenvalue weighted by Gasteiger charge is -2.33. The van der Waals surface area contributed by atoms with E-state index in [1.54, 1.807) is 18.2 Å². The fourth-order valence-electron chi connectivity index (χ4n) is 3.08. The monoisotopic (exact) mass is 356 g/mol. The Morgan fingerprint density at radius 2 is 2.13 bits per heavy atom. The van der Waals surface area contributed by atoms with Crippen LogP contribution in [0.4, 0.5) is 0 Å². The Bertz CT molecular complexity index is 724. The molecule has 1 aliphatic rings. The number of likely N-dealkylation sites (tertiary alicyclic amines) is 1. The Labute approximate surface area is 146 Å². The van der Waals surface area contributed by atoms with E-state index in [9.17, 15) is 4.79 Å². The zero-order valence-corrected chi connectivity index (χ0v) is 14.7. The fraction of sp³-hybridized carbons (Fsp3) is 0.500. The number of rotatable bonds is 3. The molecule has 1 aliphatic heterocycles. The predicted octanol–water partition coefficient (Wildman–Crippen LogP) is 2.56. The van der Waals surface area contributed by atoms with Gasteiger partial charge in [-0.25, -0.2) is 4.98 Å². The molecule has 0 bridgehead atoms. The highest BCUT2D eigenvalue weighted by molar-refractivity contribution is 6.31. The molecule has 2 aromatic rings.